The Morgan fingerprint density at radius 3 is 2.53 bits per heavy atom. The highest BCUT2D eigenvalue weighted by molar-refractivity contribution is 5.90. The van der Waals surface area contributed by atoms with E-state index >= 15 is 0 Å². The zero-order valence-corrected chi connectivity index (χ0v) is 8.97. The molecule has 0 amide bonds. The molecule has 0 aromatic rings. The lowest BCUT2D eigenvalue weighted by Gasteiger charge is -2.05. The Balaban J connectivity index is 3.91. The minimum absolute atomic E-state index is 0.0663. The lowest BCUT2D eigenvalue weighted by Crippen LogP contribution is -2.17. The molecule has 1 atom stereocenters. The Labute approximate surface area is 89.2 Å². The number of esters is 1. The highest BCUT2D eigenvalue weighted by Gasteiger charge is 2.13. The van der Waals surface area contributed by atoms with E-state index in [1.165, 1.54) is 13.2 Å². The molecule has 0 spiro atoms. The number of ether oxygens (including phenoxy) is 1. The third-order valence-corrected chi connectivity index (χ3v) is 1.65. The topological polar surface area (TPSA) is 63.6 Å². The van der Waals surface area contributed by atoms with E-state index in [2.05, 4.69) is 4.74 Å². The van der Waals surface area contributed by atoms with Crippen molar-refractivity contribution in [2.75, 3.05) is 7.11 Å². The van der Waals surface area contributed by atoms with Crippen LogP contribution in [0.2, 0.25) is 0 Å². The smallest absolute Gasteiger partial charge is 0.308 e. The zero-order chi connectivity index (χ0) is 11.7. The largest absolute Gasteiger partial charge is 0.469 e. The lowest BCUT2D eigenvalue weighted by molar-refractivity contribution is -0.143. The molecule has 0 bridgehead atoms. The van der Waals surface area contributed by atoms with Crippen LogP contribution in [0.25, 0.3) is 0 Å². The minimum Gasteiger partial charge on any atom is -0.469 e. The summed E-state index contributed by atoms with van der Waals surface area (Å²) in [7, 11) is 1.24. The van der Waals surface area contributed by atoms with Crippen molar-refractivity contribution in [2.45, 2.75) is 25.9 Å². The van der Waals surface area contributed by atoms with Gasteiger partial charge in [-0.15, -0.1) is 0 Å². The number of methoxy groups -OCH3 is 1. The van der Waals surface area contributed by atoms with Gasteiger partial charge in [0.05, 0.1) is 19.6 Å². The number of carbonyl (C=O) groups excluding carboxylic acids is 2. The summed E-state index contributed by atoms with van der Waals surface area (Å²) in [5.41, 5.74) is 0. The van der Waals surface area contributed by atoms with E-state index in [9.17, 15) is 14.7 Å². The maximum Gasteiger partial charge on any atom is 0.308 e. The summed E-state index contributed by atoms with van der Waals surface area (Å²) < 4.78 is 4.36. The fraction of sp³-hybridized carbons (Fsp3) is 0.455. The van der Waals surface area contributed by atoms with Crippen molar-refractivity contribution in [1.29, 1.82) is 0 Å². The molecule has 0 heterocycles. The molecule has 0 aliphatic rings. The molecule has 4 heteroatoms. The summed E-state index contributed by atoms with van der Waals surface area (Å²) in [5, 5.41) is 9.30. The van der Waals surface area contributed by atoms with Crippen LogP contribution < -0.4 is 0 Å². The second-order valence-electron chi connectivity index (χ2n) is 2.99. The SMILES string of the molecule is CC=CC=CC(=O)CC(O)CC(=O)OC. The van der Waals surface area contributed by atoms with E-state index in [0.29, 0.717) is 0 Å². The summed E-state index contributed by atoms with van der Waals surface area (Å²) >= 11 is 0. The number of rotatable bonds is 6. The van der Waals surface area contributed by atoms with Crippen LogP contribution in [0, 0.1) is 0 Å². The number of hydrogen-bond acceptors (Lipinski definition) is 4. The first-order valence-electron chi connectivity index (χ1n) is 4.67. The zero-order valence-electron chi connectivity index (χ0n) is 8.97. The Hall–Kier alpha value is -1.42. The van der Waals surface area contributed by atoms with Crippen LogP contribution in [0.1, 0.15) is 19.8 Å². The Morgan fingerprint density at radius 2 is 2.00 bits per heavy atom. The first kappa shape index (κ1) is 13.6. The van der Waals surface area contributed by atoms with Gasteiger partial charge >= 0.3 is 5.97 Å². The third-order valence-electron chi connectivity index (χ3n) is 1.65. The lowest BCUT2D eigenvalue weighted by atomic mass is 10.1. The van der Waals surface area contributed by atoms with Gasteiger partial charge in [-0.3, -0.25) is 9.59 Å². The molecule has 0 rings (SSSR count). The summed E-state index contributed by atoms with van der Waals surface area (Å²) in [5.74, 6) is -0.739. The van der Waals surface area contributed by atoms with Gasteiger partial charge in [-0.1, -0.05) is 18.2 Å². The van der Waals surface area contributed by atoms with E-state index < -0.39 is 12.1 Å². The highest BCUT2D eigenvalue weighted by Crippen LogP contribution is 2.01. The first-order chi connectivity index (χ1) is 7.10. The fourth-order valence-corrected chi connectivity index (χ4v) is 0.922. The monoisotopic (exact) mass is 212 g/mol. The van der Waals surface area contributed by atoms with Gasteiger partial charge < -0.3 is 9.84 Å². The van der Waals surface area contributed by atoms with Crippen molar-refractivity contribution < 1.29 is 19.4 Å². The molecule has 0 aromatic heterocycles. The Bertz CT molecular complexity index is 266. The Kier molecular flexibility index (Phi) is 7.18. The van der Waals surface area contributed by atoms with Gasteiger partial charge in [-0.05, 0) is 13.0 Å². The number of ketones is 1. The quantitative estimate of drug-likeness (QED) is 0.405. The van der Waals surface area contributed by atoms with E-state index in [0.717, 1.165) is 0 Å². The van der Waals surface area contributed by atoms with Gasteiger partial charge in [0.1, 0.15) is 0 Å². The molecule has 0 aliphatic carbocycles. The summed E-state index contributed by atoms with van der Waals surface area (Å²) in [6, 6.07) is 0. The second-order valence-corrected chi connectivity index (χ2v) is 2.99. The number of allylic oxidation sites excluding steroid dienone is 4. The average Bonchev–Trinajstić information content (AvgIpc) is 2.17. The van der Waals surface area contributed by atoms with E-state index in [1.807, 2.05) is 6.92 Å². The molecule has 0 saturated carbocycles. The van der Waals surface area contributed by atoms with Gasteiger partial charge in [-0.2, -0.15) is 0 Å². The standard InChI is InChI=1S/C11H16O4/c1-3-4-5-6-9(12)7-10(13)8-11(14)15-2/h3-6,10,13H,7-8H2,1-2H3. The van der Waals surface area contributed by atoms with Crippen molar-refractivity contribution >= 4 is 11.8 Å². The number of carbonyl (C=O) groups is 2. The predicted octanol–water partition coefficient (Wildman–Crippen LogP) is 1.00. The van der Waals surface area contributed by atoms with Gasteiger partial charge in [0.25, 0.3) is 0 Å². The van der Waals surface area contributed by atoms with Crippen LogP contribution >= 0.6 is 0 Å². The number of aliphatic hydroxyl groups excluding tert-OH is 1. The maximum atomic E-state index is 11.2. The Morgan fingerprint density at radius 1 is 1.33 bits per heavy atom. The average molecular weight is 212 g/mol. The van der Waals surface area contributed by atoms with Crippen molar-refractivity contribution in [2.24, 2.45) is 0 Å². The van der Waals surface area contributed by atoms with Gasteiger partial charge in [0, 0.05) is 6.42 Å². The predicted molar refractivity (Wildman–Crippen MR) is 56.2 cm³/mol. The summed E-state index contributed by atoms with van der Waals surface area (Å²) in [6.07, 6.45) is 5.26. The molecule has 0 radical (unpaired) electrons. The summed E-state index contributed by atoms with van der Waals surface area (Å²) in [4.78, 5) is 21.9. The van der Waals surface area contributed by atoms with Crippen LogP contribution in [0.3, 0.4) is 0 Å². The van der Waals surface area contributed by atoms with Crippen LogP contribution in [0.4, 0.5) is 0 Å². The third kappa shape index (κ3) is 7.64. The van der Waals surface area contributed by atoms with E-state index in [1.54, 1.807) is 18.2 Å². The van der Waals surface area contributed by atoms with Gasteiger partial charge in [0.2, 0.25) is 0 Å². The fourth-order valence-electron chi connectivity index (χ4n) is 0.922. The molecule has 0 fully saturated rings. The highest BCUT2D eigenvalue weighted by atomic mass is 16.5. The van der Waals surface area contributed by atoms with Crippen molar-refractivity contribution in [3.63, 3.8) is 0 Å². The first-order valence-corrected chi connectivity index (χ1v) is 4.67. The molecule has 0 aliphatic heterocycles. The maximum absolute atomic E-state index is 11.2. The molecule has 1 N–H and O–H groups in total. The molecule has 0 aromatic carbocycles. The number of hydrogen-bond donors (Lipinski definition) is 1. The van der Waals surface area contributed by atoms with E-state index in [4.69, 9.17) is 0 Å². The molecule has 1 unspecified atom stereocenters. The molecular weight excluding hydrogens is 196 g/mol. The van der Waals surface area contributed by atoms with Crippen LogP contribution in [0.15, 0.2) is 24.3 Å². The van der Waals surface area contributed by atoms with Gasteiger partial charge in [-0.25, -0.2) is 0 Å². The molecule has 84 valence electrons. The molecule has 0 saturated heterocycles. The molecular formula is C11H16O4. The van der Waals surface area contributed by atoms with E-state index in [-0.39, 0.29) is 18.6 Å². The van der Waals surface area contributed by atoms with Crippen LogP contribution in [-0.2, 0) is 14.3 Å². The summed E-state index contributed by atoms with van der Waals surface area (Å²) in [6.45, 7) is 1.83. The number of aliphatic hydroxyl groups is 1. The van der Waals surface area contributed by atoms with Crippen LogP contribution in [-0.4, -0.2) is 30.1 Å². The van der Waals surface area contributed by atoms with Gasteiger partial charge in [0.15, 0.2) is 5.78 Å². The van der Waals surface area contributed by atoms with Crippen LogP contribution in [0.5, 0.6) is 0 Å². The van der Waals surface area contributed by atoms with Crippen molar-refractivity contribution in [3.05, 3.63) is 24.3 Å². The second kappa shape index (κ2) is 7.94. The van der Waals surface area contributed by atoms with Crippen molar-refractivity contribution in [1.82, 2.24) is 0 Å². The minimum atomic E-state index is -0.972. The van der Waals surface area contributed by atoms with Crippen molar-refractivity contribution in [3.8, 4) is 0 Å². The normalized spacial score (nSPS) is 13.3. The molecule has 4 nitrogen and oxygen atoms in total. The molecule has 15 heavy (non-hydrogen) atoms.